The molecule has 3 rings (SSSR count). The first-order valence-electron chi connectivity index (χ1n) is 5.63. The fourth-order valence-corrected chi connectivity index (χ4v) is 2.08. The first-order chi connectivity index (χ1) is 9.54. The lowest BCUT2D eigenvalue weighted by atomic mass is 10.1. The van der Waals surface area contributed by atoms with Crippen molar-refractivity contribution in [1.29, 1.82) is 0 Å². The molecule has 11 heteroatoms. The molecule has 1 saturated heterocycles. The summed E-state index contributed by atoms with van der Waals surface area (Å²) >= 11 is 0. The Kier molecular flexibility index (Phi) is 2.90. The third-order valence-corrected chi connectivity index (χ3v) is 3.13. The first kappa shape index (κ1) is 12.9. The van der Waals surface area contributed by atoms with Gasteiger partial charge < -0.3 is 25.3 Å². The van der Waals surface area contributed by atoms with Gasteiger partial charge in [0.15, 0.2) is 6.23 Å². The van der Waals surface area contributed by atoms with Gasteiger partial charge in [-0.25, -0.2) is 0 Å². The van der Waals surface area contributed by atoms with Crippen LogP contribution in [0, 0.1) is 5.21 Å². The summed E-state index contributed by atoms with van der Waals surface area (Å²) in [5, 5.41) is 43.0. The number of hydrogen-bond acceptors (Lipinski definition) is 9. The molecule has 0 bridgehead atoms. The molecule has 108 valence electrons. The van der Waals surface area contributed by atoms with Crippen LogP contribution in [0.15, 0.2) is 15.8 Å². The second-order valence-electron chi connectivity index (χ2n) is 4.29. The zero-order valence-electron chi connectivity index (χ0n) is 9.86. The molecule has 0 unspecified atom stereocenters. The number of aromatic nitrogens is 4. The van der Waals surface area contributed by atoms with Crippen LogP contribution in [0.5, 0.6) is 0 Å². The zero-order chi connectivity index (χ0) is 14.4. The molecule has 0 spiro atoms. The molecular weight excluding hydrogens is 276 g/mol. The highest BCUT2D eigenvalue weighted by molar-refractivity contribution is 5.62. The summed E-state index contributed by atoms with van der Waals surface area (Å²) < 4.78 is 10.3. The van der Waals surface area contributed by atoms with Crippen LogP contribution in [-0.4, -0.2) is 54.9 Å². The molecule has 1 aliphatic heterocycles. The highest BCUT2D eigenvalue weighted by atomic mass is 16.8. The Hall–Kier alpha value is -2.08. The van der Waals surface area contributed by atoms with Gasteiger partial charge >= 0.3 is 16.7 Å². The Labute approximate surface area is 109 Å². The van der Waals surface area contributed by atoms with Crippen molar-refractivity contribution < 1.29 is 29.6 Å². The second-order valence-corrected chi connectivity index (χ2v) is 4.29. The maximum Gasteiger partial charge on any atom is 0.347 e. The van der Waals surface area contributed by atoms with Gasteiger partial charge in [-0.05, 0) is 4.90 Å². The van der Waals surface area contributed by atoms with Crippen LogP contribution in [-0.2, 0) is 4.74 Å². The van der Waals surface area contributed by atoms with Crippen LogP contribution >= 0.6 is 0 Å². The van der Waals surface area contributed by atoms with E-state index in [4.69, 9.17) is 9.84 Å². The van der Waals surface area contributed by atoms with Gasteiger partial charge in [0.1, 0.15) is 24.6 Å². The van der Waals surface area contributed by atoms with E-state index < -0.39 is 42.2 Å². The maximum absolute atomic E-state index is 12.1. The van der Waals surface area contributed by atoms with Gasteiger partial charge in [0.25, 0.3) is 0 Å². The van der Waals surface area contributed by atoms with E-state index in [-0.39, 0.29) is 10.6 Å². The molecule has 20 heavy (non-hydrogen) atoms. The van der Waals surface area contributed by atoms with Crippen molar-refractivity contribution in [2.45, 2.75) is 24.5 Å². The van der Waals surface area contributed by atoms with Crippen molar-refractivity contribution >= 4 is 11.2 Å². The van der Waals surface area contributed by atoms with Gasteiger partial charge in [-0.2, -0.15) is 4.98 Å². The van der Waals surface area contributed by atoms with Crippen LogP contribution < -0.4 is 10.5 Å². The molecule has 2 aromatic rings. The Bertz CT molecular complexity index is 697. The summed E-state index contributed by atoms with van der Waals surface area (Å²) in [5.41, 5.74) is -1.49. The number of ether oxygens (including phenoxy) is 1. The second kappa shape index (κ2) is 4.49. The van der Waals surface area contributed by atoms with E-state index in [1.54, 1.807) is 0 Å². The van der Waals surface area contributed by atoms with Crippen LogP contribution in [0.3, 0.4) is 0 Å². The molecule has 0 aliphatic carbocycles. The van der Waals surface area contributed by atoms with Crippen molar-refractivity contribution in [2.24, 2.45) is 0 Å². The number of aliphatic hydroxyl groups is 3. The van der Waals surface area contributed by atoms with Gasteiger partial charge in [-0.1, -0.05) is 0 Å². The molecule has 0 radical (unpaired) electrons. The summed E-state index contributed by atoms with van der Waals surface area (Å²) in [6.07, 6.45) is -4.13. The van der Waals surface area contributed by atoms with Crippen LogP contribution in [0.1, 0.15) is 6.23 Å². The van der Waals surface area contributed by atoms with Crippen molar-refractivity contribution in [3.05, 3.63) is 21.9 Å². The molecule has 0 aromatic carbocycles. The van der Waals surface area contributed by atoms with E-state index in [2.05, 4.69) is 14.8 Å². The fraction of sp³-hybridized carbons (Fsp3) is 0.556. The van der Waals surface area contributed by atoms with E-state index in [0.717, 1.165) is 10.9 Å². The van der Waals surface area contributed by atoms with E-state index in [1.807, 2.05) is 0 Å². The Morgan fingerprint density at radius 2 is 2.20 bits per heavy atom. The number of aliphatic hydroxyl groups excluding tert-OH is 3. The third-order valence-electron chi connectivity index (χ3n) is 3.13. The predicted octanol–water partition coefficient (Wildman–Crippen LogP) is -3.37. The quantitative estimate of drug-likeness (QED) is 0.479. The molecule has 1 fully saturated rings. The zero-order valence-corrected chi connectivity index (χ0v) is 9.86. The third kappa shape index (κ3) is 1.68. The first-order valence-corrected chi connectivity index (χ1v) is 5.63. The summed E-state index contributed by atoms with van der Waals surface area (Å²) in [4.78, 5) is 15.7. The lowest BCUT2D eigenvalue weighted by molar-refractivity contribution is -0.782. The number of rotatable bonds is 2. The molecule has 3 N–H and O–H groups in total. The summed E-state index contributed by atoms with van der Waals surface area (Å²) in [6.45, 7) is -0.534. The van der Waals surface area contributed by atoms with Crippen molar-refractivity contribution in [3.8, 4) is 0 Å². The minimum atomic E-state index is -1.45. The summed E-state index contributed by atoms with van der Waals surface area (Å²) in [7, 11) is 0. The minimum absolute atomic E-state index is 0.109. The van der Waals surface area contributed by atoms with Crippen LogP contribution in [0.25, 0.3) is 11.2 Å². The van der Waals surface area contributed by atoms with E-state index in [1.165, 1.54) is 0 Å². The lowest BCUT2D eigenvalue weighted by Gasteiger charge is -2.16. The average Bonchev–Trinajstić information content (AvgIpc) is 2.94. The summed E-state index contributed by atoms with van der Waals surface area (Å²) in [6, 6.07) is 0. The van der Waals surface area contributed by atoms with E-state index in [0.29, 0.717) is 0 Å². The minimum Gasteiger partial charge on any atom is -0.394 e. The van der Waals surface area contributed by atoms with Gasteiger partial charge in [-0.3, -0.25) is 14.0 Å². The Morgan fingerprint density at radius 1 is 1.45 bits per heavy atom. The molecule has 0 amide bonds. The van der Waals surface area contributed by atoms with Gasteiger partial charge in [0.2, 0.25) is 0 Å². The Morgan fingerprint density at radius 3 is 2.85 bits per heavy atom. The number of nitrogens with zero attached hydrogens (tertiary/aromatic N) is 4. The van der Waals surface area contributed by atoms with E-state index in [9.17, 15) is 20.2 Å². The summed E-state index contributed by atoms with van der Waals surface area (Å²) in [5.74, 6) is 0. The van der Waals surface area contributed by atoms with Crippen molar-refractivity contribution in [2.75, 3.05) is 6.61 Å². The normalized spacial score (nSPS) is 30.1. The molecular formula is C9H10N4O7. The van der Waals surface area contributed by atoms with Crippen molar-refractivity contribution in [3.63, 3.8) is 0 Å². The molecule has 2 aromatic heterocycles. The molecule has 11 nitrogen and oxygen atoms in total. The largest absolute Gasteiger partial charge is 0.394 e. The van der Waals surface area contributed by atoms with Gasteiger partial charge in [0.05, 0.1) is 11.8 Å². The molecule has 1 aliphatic rings. The predicted molar refractivity (Wildman–Crippen MR) is 58.0 cm³/mol. The lowest BCUT2D eigenvalue weighted by Crippen LogP contribution is -2.38. The fourth-order valence-electron chi connectivity index (χ4n) is 2.08. The average molecular weight is 286 g/mol. The van der Waals surface area contributed by atoms with Gasteiger partial charge in [-0.15, -0.1) is 0 Å². The smallest absolute Gasteiger partial charge is 0.347 e. The topological polar surface area (TPSA) is 158 Å². The monoisotopic (exact) mass is 286 g/mol. The Balaban J connectivity index is 2.09. The molecule has 3 heterocycles. The molecule has 4 atom stereocenters. The highest BCUT2D eigenvalue weighted by Gasteiger charge is 2.44. The van der Waals surface area contributed by atoms with Crippen LogP contribution in [0.2, 0.25) is 0 Å². The van der Waals surface area contributed by atoms with Gasteiger partial charge in [0, 0.05) is 0 Å². The SMILES string of the molecule is O=c1c2c(ncn1[C@@H]1O[C@@H](CO)[C@@H](O)[C@H]1O)no[n+]2[O-]. The van der Waals surface area contributed by atoms with Crippen molar-refractivity contribution in [1.82, 2.24) is 14.7 Å². The highest BCUT2D eigenvalue weighted by Crippen LogP contribution is 2.28. The number of hydrogen-bond donors (Lipinski definition) is 3. The number of fused-ring (bicyclic) bond motifs is 1. The maximum atomic E-state index is 12.1. The van der Waals surface area contributed by atoms with E-state index >= 15 is 0 Å². The standard InChI is InChI=1S/C9H10N4O7/c14-1-3-5(15)6(16)9(19-3)12-2-10-7-4(8(12)17)13(18)20-11-7/h2-3,5-6,9,14-16H,1H2/t3-,5+,6+,9+/m0/s1. The van der Waals surface area contributed by atoms with Crippen LogP contribution in [0.4, 0.5) is 0 Å². The molecule has 0 saturated carbocycles.